The maximum atomic E-state index is 14.1. The second kappa shape index (κ2) is 19.4. The van der Waals surface area contributed by atoms with E-state index in [2.05, 4.69) is 5.32 Å². The Labute approximate surface area is 352 Å². The molecule has 20 nitrogen and oxygen atoms in total. The van der Waals surface area contributed by atoms with E-state index < -0.39 is 135 Å². The number of aromatic hydroxyl groups is 2. The number of aliphatic hydroxyl groups is 3. The zero-order chi connectivity index (χ0) is 45.2. The molecule has 2 aliphatic carbocycles. The maximum Gasteiger partial charge on any atom is 0.345 e. The van der Waals surface area contributed by atoms with Gasteiger partial charge in [-0.25, -0.2) is 0 Å². The highest BCUT2D eigenvalue weighted by Crippen LogP contribution is 2.71. The largest absolute Gasteiger partial charge is 0.507 e. The number of benzene rings is 2. The standard InChI is InChI=1S/C39H54N2O18P2/c1-7-54-60(51,55-8-2)28(61(52,56-9-3)57-10-4)14-22(40)38(49)41-23-15-27(58-19(5)33(23)44)59-25-17-39(50,26(43)18-42)16-21-30(25)37(48)32-31(35(21)46)34(45)20-12-11-13-24(53-6)29(20)36(32)47/h11-13,19,22-23,25,27-28,33,42,44,46,48,50H,7-10,14-18,40H2,1-6H3,(H,41,49)/t19-,22+,23-,25-,27-,33+,39-/m0/s1. The predicted octanol–water partition coefficient (Wildman–Crippen LogP) is 2.73. The first-order chi connectivity index (χ1) is 28.8. The summed E-state index contributed by atoms with van der Waals surface area (Å²) in [6, 6.07) is 1.49. The molecule has 1 saturated heterocycles. The van der Waals surface area contributed by atoms with Crippen LogP contribution in [0.2, 0.25) is 0 Å². The van der Waals surface area contributed by atoms with E-state index in [4.69, 9.17) is 38.0 Å². The Morgan fingerprint density at radius 1 is 0.951 bits per heavy atom. The minimum atomic E-state index is -4.30. The summed E-state index contributed by atoms with van der Waals surface area (Å²) in [6.45, 7) is 6.02. The number of phenolic OH excluding ortho intramolecular Hbond substituents is 2. The number of hydrogen-bond donors (Lipinski definition) is 7. The molecule has 0 bridgehead atoms. The molecule has 0 radical (unpaired) electrons. The molecular formula is C39H54N2O18P2. The number of phenols is 2. The van der Waals surface area contributed by atoms with Crippen LogP contribution in [0, 0.1) is 0 Å². The van der Waals surface area contributed by atoms with Crippen molar-refractivity contribution >= 4 is 38.4 Å². The highest BCUT2D eigenvalue weighted by Gasteiger charge is 2.53. The van der Waals surface area contributed by atoms with Crippen molar-refractivity contribution in [1.82, 2.24) is 5.32 Å². The number of carbonyl (C=O) groups excluding carboxylic acids is 4. The molecule has 3 aliphatic rings. The zero-order valence-corrected chi connectivity index (χ0v) is 36.4. The number of methoxy groups -OCH3 is 1. The van der Waals surface area contributed by atoms with Crippen LogP contribution in [-0.2, 0) is 52.7 Å². The van der Waals surface area contributed by atoms with Gasteiger partial charge in [-0.1, -0.05) is 12.1 Å². The van der Waals surface area contributed by atoms with Crippen LogP contribution in [0.15, 0.2) is 18.2 Å². The third-order valence-electron chi connectivity index (χ3n) is 10.9. The van der Waals surface area contributed by atoms with Gasteiger partial charge in [0.05, 0.1) is 74.5 Å². The van der Waals surface area contributed by atoms with Crippen LogP contribution >= 0.6 is 15.2 Å². The summed E-state index contributed by atoms with van der Waals surface area (Å²) in [7, 11) is -7.31. The number of aliphatic hydroxyl groups excluding tert-OH is 2. The van der Waals surface area contributed by atoms with Crippen molar-refractivity contribution in [2.24, 2.45) is 5.73 Å². The molecule has 2 aromatic rings. The minimum absolute atomic E-state index is 0.0236. The molecule has 22 heteroatoms. The second-order valence-electron chi connectivity index (χ2n) is 14.7. The summed E-state index contributed by atoms with van der Waals surface area (Å²) < 4.78 is 67.5. The fourth-order valence-electron chi connectivity index (χ4n) is 8.05. The highest BCUT2D eigenvalue weighted by atomic mass is 31.2. The van der Waals surface area contributed by atoms with Gasteiger partial charge in [0.1, 0.15) is 35.6 Å². The van der Waals surface area contributed by atoms with Gasteiger partial charge in [0, 0.05) is 36.0 Å². The van der Waals surface area contributed by atoms with Gasteiger partial charge in [0.15, 0.2) is 23.3 Å². The van der Waals surface area contributed by atoms with Crippen molar-refractivity contribution in [2.45, 2.75) is 108 Å². The van der Waals surface area contributed by atoms with Gasteiger partial charge in [-0.2, -0.15) is 0 Å². The fourth-order valence-corrected chi connectivity index (χ4v) is 13.5. The number of ketones is 3. The minimum Gasteiger partial charge on any atom is -0.507 e. The quantitative estimate of drug-likeness (QED) is 0.0672. The van der Waals surface area contributed by atoms with E-state index >= 15 is 0 Å². The van der Waals surface area contributed by atoms with Crippen LogP contribution in [0.3, 0.4) is 0 Å². The Hall–Kier alpha value is -3.62. The van der Waals surface area contributed by atoms with E-state index in [0.29, 0.717) is 0 Å². The van der Waals surface area contributed by atoms with E-state index in [1.54, 1.807) is 27.7 Å². The van der Waals surface area contributed by atoms with Gasteiger partial charge in [0.2, 0.25) is 11.7 Å². The van der Waals surface area contributed by atoms with Gasteiger partial charge in [0.25, 0.3) is 0 Å². The van der Waals surface area contributed by atoms with Crippen molar-refractivity contribution in [2.75, 3.05) is 40.1 Å². The molecule has 1 amide bonds. The molecule has 1 aliphatic heterocycles. The number of fused-ring (bicyclic) bond motifs is 3. The molecule has 0 aromatic heterocycles. The van der Waals surface area contributed by atoms with E-state index in [-0.39, 0.29) is 60.9 Å². The van der Waals surface area contributed by atoms with Crippen LogP contribution < -0.4 is 15.8 Å². The number of nitrogens with two attached hydrogens (primary N) is 1. The topological polar surface area (TPSA) is 306 Å². The molecule has 0 unspecified atom stereocenters. The van der Waals surface area contributed by atoms with E-state index in [0.717, 1.165) is 0 Å². The SMILES string of the molecule is CCOP(=O)(OCC)C(C[C@@H](N)C(=O)N[C@H]1C[C@H](O[C@H]2C[C@](O)(C(=O)CO)Cc3c(O)c4c(c(O)c32)C(=O)c2c(OC)cccc2C4=O)O[C@@H](C)[C@H]1O)P(=O)(OCC)OCC. The maximum absolute atomic E-state index is 14.1. The predicted molar refractivity (Wildman–Crippen MR) is 214 cm³/mol. The summed E-state index contributed by atoms with van der Waals surface area (Å²) in [5.74, 6) is -5.28. The Balaban J connectivity index is 1.48. The molecule has 5 rings (SSSR count). The van der Waals surface area contributed by atoms with Gasteiger partial charge >= 0.3 is 15.2 Å². The molecule has 8 N–H and O–H groups in total. The molecule has 7 atom stereocenters. The smallest absolute Gasteiger partial charge is 0.345 e. The lowest BCUT2D eigenvalue weighted by Crippen LogP contribution is -2.58. The molecular weight excluding hydrogens is 846 g/mol. The zero-order valence-electron chi connectivity index (χ0n) is 34.7. The third-order valence-corrected chi connectivity index (χ3v) is 16.9. The Bertz CT molecular complexity index is 2070. The number of nitrogens with one attached hydrogen (secondary N) is 1. The monoisotopic (exact) mass is 900 g/mol. The Kier molecular flexibility index (Phi) is 15.4. The fraction of sp³-hybridized carbons (Fsp3) is 0.590. The first-order valence-corrected chi connectivity index (χ1v) is 23.1. The van der Waals surface area contributed by atoms with Crippen molar-refractivity contribution in [3.8, 4) is 17.2 Å². The third kappa shape index (κ3) is 9.23. The number of amides is 1. The van der Waals surface area contributed by atoms with Gasteiger partial charge in [-0.3, -0.25) is 28.3 Å². The summed E-state index contributed by atoms with van der Waals surface area (Å²) >= 11 is 0. The summed E-state index contributed by atoms with van der Waals surface area (Å²) in [4.78, 5) is 54.6. The lowest BCUT2D eigenvalue weighted by Gasteiger charge is -2.43. The highest BCUT2D eigenvalue weighted by molar-refractivity contribution is 7.72. The van der Waals surface area contributed by atoms with Crippen molar-refractivity contribution in [3.05, 3.63) is 51.6 Å². The van der Waals surface area contributed by atoms with Crippen LogP contribution in [0.5, 0.6) is 17.2 Å². The van der Waals surface area contributed by atoms with Crippen molar-refractivity contribution in [3.63, 3.8) is 0 Å². The van der Waals surface area contributed by atoms with Crippen LogP contribution in [0.25, 0.3) is 0 Å². The summed E-state index contributed by atoms with van der Waals surface area (Å²) in [5.41, 5.74) is 1.90. The Morgan fingerprint density at radius 3 is 2.07 bits per heavy atom. The molecule has 61 heavy (non-hydrogen) atoms. The van der Waals surface area contributed by atoms with Crippen LogP contribution in [0.1, 0.15) is 103 Å². The Morgan fingerprint density at radius 2 is 1.52 bits per heavy atom. The van der Waals surface area contributed by atoms with Crippen LogP contribution in [0.4, 0.5) is 0 Å². The van der Waals surface area contributed by atoms with Gasteiger partial charge in [-0.05, 0) is 47.1 Å². The molecule has 1 fully saturated rings. The molecule has 338 valence electrons. The number of Topliss-reactive ketones (excluding diaryl/α,β-unsaturated/α-hetero) is 1. The number of ether oxygens (including phenoxy) is 3. The van der Waals surface area contributed by atoms with Gasteiger partial charge in [-0.15, -0.1) is 0 Å². The lowest BCUT2D eigenvalue weighted by atomic mass is 9.72. The van der Waals surface area contributed by atoms with E-state index in [9.17, 15) is 53.8 Å². The molecule has 0 saturated carbocycles. The van der Waals surface area contributed by atoms with Crippen molar-refractivity contribution in [1.29, 1.82) is 0 Å². The van der Waals surface area contributed by atoms with E-state index in [1.165, 1.54) is 32.2 Å². The molecule has 0 spiro atoms. The second-order valence-corrected chi connectivity index (χ2v) is 19.5. The van der Waals surface area contributed by atoms with Crippen LogP contribution in [-0.4, -0.2) is 131 Å². The number of hydrogen-bond acceptors (Lipinski definition) is 19. The average Bonchev–Trinajstić information content (AvgIpc) is 3.21. The summed E-state index contributed by atoms with van der Waals surface area (Å²) in [5, 5.41) is 57.1. The molecule has 2 aromatic carbocycles. The first-order valence-electron chi connectivity index (χ1n) is 19.9. The number of rotatable bonds is 19. The molecule has 1 heterocycles. The number of carbonyl (C=O) groups is 4. The first kappa shape index (κ1) is 48.4. The van der Waals surface area contributed by atoms with Crippen molar-refractivity contribution < 1.29 is 86.1 Å². The van der Waals surface area contributed by atoms with Gasteiger partial charge < -0.3 is 68.9 Å². The lowest BCUT2D eigenvalue weighted by molar-refractivity contribution is -0.249. The van der Waals surface area contributed by atoms with E-state index in [1.807, 2.05) is 0 Å². The average molecular weight is 901 g/mol. The normalized spacial score (nSPS) is 24.5. The summed E-state index contributed by atoms with van der Waals surface area (Å²) in [6.07, 6.45) is -7.70.